The minimum atomic E-state index is -1.45. The number of aromatic hydroxyl groups is 2. The number of phenolic OH excluding ortho intramolecular Hbond substituents is 2. The Balaban J connectivity index is 1.36. The Morgan fingerprint density at radius 2 is 1.72 bits per heavy atom. The number of carbonyl (C=O) groups excluding carboxylic acids is 3. The average molecular weight is 528 g/mol. The van der Waals surface area contributed by atoms with Crippen LogP contribution in [0.5, 0.6) is 23.0 Å². The van der Waals surface area contributed by atoms with E-state index in [0.717, 1.165) is 16.9 Å². The highest BCUT2D eigenvalue weighted by atomic mass is 16.7. The van der Waals surface area contributed by atoms with Gasteiger partial charge in [-0.1, -0.05) is 25.1 Å². The number of rotatable bonds is 4. The third-order valence-electron chi connectivity index (χ3n) is 8.30. The number of nitrogens with one attached hydrogen (secondary N) is 2. The molecule has 4 aliphatic heterocycles. The van der Waals surface area contributed by atoms with Crippen molar-refractivity contribution in [3.8, 4) is 23.0 Å². The predicted octanol–water partition coefficient (Wildman–Crippen LogP) is 2.56. The summed E-state index contributed by atoms with van der Waals surface area (Å²) in [6, 6.07) is 14.4. The molecule has 4 heterocycles. The van der Waals surface area contributed by atoms with E-state index in [1.807, 2.05) is 25.1 Å². The summed E-state index contributed by atoms with van der Waals surface area (Å²) < 4.78 is 10.9. The van der Waals surface area contributed by atoms with Gasteiger partial charge >= 0.3 is 0 Å². The molecule has 0 aliphatic carbocycles. The van der Waals surface area contributed by atoms with Crippen LogP contribution < -0.4 is 25.0 Å². The molecule has 0 aromatic heterocycles. The van der Waals surface area contributed by atoms with Crippen LogP contribution in [-0.4, -0.2) is 40.8 Å². The minimum absolute atomic E-state index is 0.0528. The van der Waals surface area contributed by atoms with Gasteiger partial charge < -0.3 is 25.0 Å². The fourth-order valence-electron chi connectivity index (χ4n) is 6.47. The number of hydrogen-bond donors (Lipinski definition) is 4. The zero-order chi connectivity index (χ0) is 27.1. The summed E-state index contributed by atoms with van der Waals surface area (Å²) in [7, 11) is 0. The summed E-state index contributed by atoms with van der Waals surface area (Å²) in [5.41, 5.74) is 1.79. The average Bonchev–Trinajstić information content (AvgIpc) is 3.65. The van der Waals surface area contributed by atoms with Crippen molar-refractivity contribution in [2.45, 2.75) is 31.3 Å². The van der Waals surface area contributed by atoms with Crippen LogP contribution >= 0.6 is 0 Å². The summed E-state index contributed by atoms with van der Waals surface area (Å²) in [4.78, 5) is 43.2. The molecular weight excluding hydrogens is 502 g/mol. The second kappa shape index (κ2) is 8.21. The van der Waals surface area contributed by atoms with Crippen LogP contribution in [0, 0.1) is 11.8 Å². The molecule has 4 N–H and O–H groups in total. The van der Waals surface area contributed by atoms with E-state index in [-0.39, 0.29) is 30.6 Å². The van der Waals surface area contributed by atoms with Crippen LogP contribution in [0.1, 0.15) is 23.6 Å². The molecule has 2 fully saturated rings. The number of aryl methyl sites for hydroxylation is 1. The first-order valence-electron chi connectivity index (χ1n) is 12.8. The molecule has 39 heavy (non-hydrogen) atoms. The molecule has 4 atom stereocenters. The van der Waals surface area contributed by atoms with Gasteiger partial charge in [0.2, 0.25) is 24.5 Å². The molecule has 7 rings (SSSR count). The Hall–Kier alpha value is -4.57. The smallest absolute Gasteiger partial charge is 0.250 e. The van der Waals surface area contributed by atoms with E-state index < -0.39 is 35.2 Å². The number of benzene rings is 3. The van der Waals surface area contributed by atoms with E-state index in [1.165, 1.54) is 12.1 Å². The predicted molar refractivity (Wildman–Crippen MR) is 139 cm³/mol. The van der Waals surface area contributed by atoms with Crippen molar-refractivity contribution in [3.63, 3.8) is 0 Å². The third kappa shape index (κ3) is 3.21. The van der Waals surface area contributed by atoms with Crippen molar-refractivity contribution in [1.29, 1.82) is 0 Å². The van der Waals surface area contributed by atoms with E-state index in [1.54, 1.807) is 24.3 Å². The highest BCUT2D eigenvalue weighted by Gasteiger charge is 2.70. The van der Waals surface area contributed by atoms with E-state index in [0.29, 0.717) is 34.0 Å². The number of nitrogens with zero attached hydrogens (tertiary/aromatic N) is 1. The Morgan fingerprint density at radius 1 is 0.923 bits per heavy atom. The zero-order valence-corrected chi connectivity index (χ0v) is 20.9. The van der Waals surface area contributed by atoms with E-state index in [2.05, 4.69) is 10.6 Å². The number of fused-ring (bicyclic) bond motifs is 5. The molecule has 4 aliphatic rings. The van der Waals surface area contributed by atoms with Crippen molar-refractivity contribution >= 4 is 29.1 Å². The van der Waals surface area contributed by atoms with Crippen molar-refractivity contribution in [3.05, 3.63) is 71.3 Å². The van der Waals surface area contributed by atoms with Gasteiger partial charge in [-0.05, 0) is 54.3 Å². The number of ether oxygens (including phenoxy) is 2. The molecule has 0 bridgehead atoms. The van der Waals surface area contributed by atoms with Crippen LogP contribution in [0.25, 0.3) is 0 Å². The van der Waals surface area contributed by atoms with Crippen molar-refractivity contribution in [2.24, 2.45) is 11.8 Å². The van der Waals surface area contributed by atoms with Gasteiger partial charge in [0.25, 0.3) is 0 Å². The lowest BCUT2D eigenvalue weighted by Gasteiger charge is -2.30. The molecule has 10 heteroatoms. The lowest BCUT2D eigenvalue weighted by molar-refractivity contribution is -0.130. The number of imide groups is 1. The molecule has 2 unspecified atom stereocenters. The number of phenols is 2. The largest absolute Gasteiger partial charge is 0.504 e. The van der Waals surface area contributed by atoms with Crippen LogP contribution in [0.15, 0.2) is 54.6 Å². The highest BCUT2D eigenvalue weighted by Crippen LogP contribution is 2.54. The summed E-state index contributed by atoms with van der Waals surface area (Å²) in [5.74, 6) is -2.73. The van der Waals surface area contributed by atoms with Gasteiger partial charge in [-0.15, -0.1) is 0 Å². The monoisotopic (exact) mass is 527 g/mol. The number of amides is 3. The van der Waals surface area contributed by atoms with Gasteiger partial charge in [0.15, 0.2) is 23.0 Å². The second-order valence-corrected chi connectivity index (χ2v) is 10.3. The molecular formula is C29H25N3O7. The molecule has 3 amide bonds. The highest BCUT2D eigenvalue weighted by molar-refractivity contribution is 6.26. The molecule has 1 spiro atoms. The maximum atomic E-state index is 14.2. The molecule has 2 saturated heterocycles. The van der Waals surface area contributed by atoms with Gasteiger partial charge in [-0.3, -0.25) is 19.7 Å². The zero-order valence-electron chi connectivity index (χ0n) is 20.9. The summed E-state index contributed by atoms with van der Waals surface area (Å²) in [6.45, 7) is 2.06. The fourth-order valence-corrected chi connectivity index (χ4v) is 6.47. The van der Waals surface area contributed by atoms with Crippen LogP contribution in [0.4, 0.5) is 11.4 Å². The lowest BCUT2D eigenvalue weighted by atomic mass is 9.76. The Morgan fingerprint density at radius 3 is 2.51 bits per heavy atom. The number of carbonyl (C=O) groups is 3. The maximum absolute atomic E-state index is 14.2. The molecule has 3 aromatic rings. The Labute approximate surface area is 223 Å². The Kier molecular flexibility index (Phi) is 4.96. The first-order valence-corrected chi connectivity index (χ1v) is 12.8. The quantitative estimate of drug-likeness (QED) is 0.300. The SMILES string of the molecule is CCc1ccc2c(c1)C1(NC(Cc3ccc(O)c(O)c3)[C@H]3C(=O)N(c4ccc5c(c4)OCO5)C(=O)[C@H]31)C(=O)N2. The molecule has 0 radical (unpaired) electrons. The topological polar surface area (TPSA) is 137 Å². The molecule has 198 valence electrons. The van der Waals surface area contributed by atoms with E-state index >= 15 is 0 Å². The molecule has 3 aromatic carbocycles. The lowest BCUT2D eigenvalue weighted by Crippen LogP contribution is -2.53. The van der Waals surface area contributed by atoms with Crippen molar-refractivity contribution in [1.82, 2.24) is 5.32 Å². The standard InChI is InChI=1S/C29H25N3O7/c1-2-14-3-6-18-17(9-14)29(28(37)30-18)25-24(19(31-29)10-15-4-7-20(33)21(34)11-15)26(35)32(27(25)36)16-5-8-22-23(12-16)39-13-38-22/h3-9,11-12,19,24-25,31,33-34H,2,10,13H2,1H3,(H,30,37)/t19?,24-,25+,29?/m1/s1. The minimum Gasteiger partial charge on any atom is -0.504 e. The van der Waals surface area contributed by atoms with Crippen molar-refractivity contribution in [2.75, 3.05) is 17.0 Å². The summed E-state index contributed by atoms with van der Waals surface area (Å²) in [6.07, 6.45) is 0.971. The number of hydrogen-bond acceptors (Lipinski definition) is 8. The maximum Gasteiger partial charge on any atom is 0.250 e. The van der Waals surface area contributed by atoms with Crippen molar-refractivity contribution < 1.29 is 34.1 Å². The van der Waals surface area contributed by atoms with Gasteiger partial charge in [0.1, 0.15) is 5.54 Å². The van der Waals surface area contributed by atoms with Crippen LogP contribution in [0.3, 0.4) is 0 Å². The van der Waals surface area contributed by atoms with Gasteiger partial charge in [0, 0.05) is 23.4 Å². The van der Waals surface area contributed by atoms with Crippen LogP contribution in [0.2, 0.25) is 0 Å². The van der Waals surface area contributed by atoms with E-state index in [4.69, 9.17) is 9.47 Å². The van der Waals surface area contributed by atoms with Gasteiger partial charge in [0.05, 0.1) is 17.5 Å². The third-order valence-corrected chi connectivity index (χ3v) is 8.30. The molecule has 0 saturated carbocycles. The molecule has 10 nitrogen and oxygen atoms in total. The number of anilines is 2. The normalized spacial score (nSPS) is 26.3. The van der Waals surface area contributed by atoms with Gasteiger partial charge in [-0.25, -0.2) is 4.90 Å². The summed E-state index contributed by atoms with van der Waals surface area (Å²) in [5, 5.41) is 26.2. The summed E-state index contributed by atoms with van der Waals surface area (Å²) >= 11 is 0. The van der Waals surface area contributed by atoms with E-state index in [9.17, 15) is 24.6 Å². The first kappa shape index (κ1) is 23.5. The van der Waals surface area contributed by atoms with Crippen LogP contribution in [-0.2, 0) is 32.8 Å². The first-order chi connectivity index (χ1) is 18.8. The second-order valence-electron chi connectivity index (χ2n) is 10.3. The van der Waals surface area contributed by atoms with Gasteiger partial charge in [-0.2, -0.15) is 0 Å². The fraction of sp³-hybridized carbons (Fsp3) is 0.276. The Bertz CT molecular complexity index is 1590.